The molecule has 3 aromatic rings. The van der Waals surface area contributed by atoms with Crippen LogP contribution in [0.15, 0.2) is 24.4 Å². The van der Waals surface area contributed by atoms with E-state index >= 15 is 0 Å². The molecule has 10 nitrogen and oxygen atoms in total. The van der Waals surface area contributed by atoms with Gasteiger partial charge in [0.2, 0.25) is 5.88 Å². The van der Waals surface area contributed by atoms with Crippen molar-refractivity contribution in [2.45, 2.75) is 38.5 Å². The number of aromatic nitrogens is 3. The first-order chi connectivity index (χ1) is 18.9. The van der Waals surface area contributed by atoms with E-state index in [1.807, 2.05) is 6.07 Å². The molecule has 2 N–H and O–H groups in total. The molecule has 0 amide bonds. The summed E-state index contributed by atoms with van der Waals surface area (Å²) in [4.78, 5) is 20.9. The van der Waals surface area contributed by atoms with Crippen LogP contribution in [0.5, 0.6) is 5.88 Å². The zero-order valence-electron chi connectivity index (χ0n) is 22.9. The zero-order valence-corrected chi connectivity index (χ0v) is 22.9. The Kier molecular flexibility index (Phi) is 7.02. The summed E-state index contributed by atoms with van der Waals surface area (Å²) < 4.78 is 6.38. The highest BCUT2D eigenvalue weighted by molar-refractivity contribution is 6.32. The Balaban J connectivity index is 1.13. The molecule has 2 aromatic heterocycles. The number of fused-ring (bicyclic) bond motifs is 2. The Labute approximate surface area is 230 Å². The third-order valence-corrected chi connectivity index (χ3v) is 8.22. The number of benzene rings is 1. The van der Waals surface area contributed by atoms with Gasteiger partial charge >= 0.3 is 0 Å². The Hall–Kier alpha value is -3.46. The number of ether oxygens (including phenoxy) is 1. The molecule has 2 fully saturated rings. The average Bonchev–Trinajstić information content (AvgIpc) is 2.93. The third kappa shape index (κ3) is 5.12. The molecular weight excluding hydrogens is 491 g/mol. The molecule has 11 heteroatoms. The lowest BCUT2D eigenvalue weighted by molar-refractivity contribution is -0.0327. The van der Waals surface area contributed by atoms with Crippen molar-refractivity contribution in [1.82, 2.24) is 25.2 Å². The normalized spacial score (nSPS) is 24.0. The maximum Gasteiger partial charge on any atom is 0.223 e. The van der Waals surface area contributed by atoms with Gasteiger partial charge in [-0.1, -0.05) is 0 Å². The van der Waals surface area contributed by atoms with E-state index in [-0.39, 0.29) is 18.1 Å². The van der Waals surface area contributed by atoms with Crippen LogP contribution in [0.2, 0.25) is 0 Å². The summed E-state index contributed by atoms with van der Waals surface area (Å²) in [7, 11) is 1.73. The molecule has 2 saturated heterocycles. The first-order valence-electron chi connectivity index (χ1n) is 13.9. The topological polar surface area (TPSA) is 114 Å². The van der Waals surface area contributed by atoms with E-state index in [1.165, 1.54) is 11.1 Å². The monoisotopic (exact) mass is 526 g/mol. The number of nitriles is 1. The minimum atomic E-state index is -0.138. The van der Waals surface area contributed by atoms with Gasteiger partial charge in [0.15, 0.2) is 7.85 Å². The molecular formula is C28H35BN8O2. The van der Waals surface area contributed by atoms with E-state index in [1.54, 1.807) is 13.9 Å². The number of rotatable bonds is 4. The average molecular weight is 526 g/mol. The van der Waals surface area contributed by atoms with Gasteiger partial charge in [-0.05, 0) is 56.1 Å². The van der Waals surface area contributed by atoms with E-state index < -0.39 is 0 Å². The molecule has 0 radical (unpaired) electrons. The van der Waals surface area contributed by atoms with E-state index in [0.717, 1.165) is 70.3 Å². The summed E-state index contributed by atoms with van der Waals surface area (Å²) in [5.41, 5.74) is 5.61. The van der Waals surface area contributed by atoms with Crippen molar-refractivity contribution in [3.8, 4) is 11.9 Å². The molecule has 6 rings (SSSR count). The molecule has 1 aromatic carbocycles. The molecule has 0 bridgehead atoms. The lowest BCUT2D eigenvalue weighted by Gasteiger charge is -2.42. The second-order valence-electron chi connectivity index (χ2n) is 11.0. The highest BCUT2D eigenvalue weighted by Gasteiger charge is 2.30. The fourth-order valence-electron chi connectivity index (χ4n) is 6.14. The van der Waals surface area contributed by atoms with Crippen LogP contribution in [0, 0.1) is 11.3 Å². The van der Waals surface area contributed by atoms with Crippen molar-refractivity contribution >= 4 is 36.0 Å². The summed E-state index contributed by atoms with van der Waals surface area (Å²) >= 11 is 0. The third-order valence-electron chi connectivity index (χ3n) is 8.22. The summed E-state index contributed by atoms with van der Waals surface area (Å²) in [5.74, 6) is 0.951. The number of nitrogens with one attached hydrogen (secondary N) is 1. The molecule has 202 valence electrons. The molecule has 3 aliphatic rings. The smallest absolute Gasteiger partial charge is 0.223 e. The highest BCUT2D eigenvalue weighted by atomic mass is 16.5. The lowest BCUT2D eigenvalue weighted by atomic mass is 9.97. The second kappa shape index (κ2) is 10.6. The molecule has 0 aliphatic carbocycles. The first kappa shape index (κ1) is 25.8. The van der Waals surface area contributed by atoms with Gasteiger partial charge in [0.25, 0.3) is 0 Å². The summed E-state index contributed by atoms with van der Waals surface area (Å²) in [5, 5.41) is 23.2. The highest BCUT2D eigenvalue weighted by Crippen LogP contribution is 2.30. The minimum Gasteiger partial charge on any atom is -0.493 e. The number of aromatic hydroxyl groups is 1. The predicted octanol–water partition coefficient (Wildman–Crippen LogP) is 0.483. The number of pyridine rings is 1. The van der Waals surface area contributed by atoms with Crippen LogP contribution >= 0.6 is 0 Å². The maximum absolute atomic E-state index is 10.1. The first-order valence-corrected chi connectivity index (χ1v) is 13.9. The van der Waals surface area contributed by atoms with E-state index in [4.69, 9.17) is 9.72 Å². The predicted molar refractivity (Wildman–Crippen MR) is 154 cm³/mol. The quantitative estimate of drug-likeness (QED) is 0.466. The van der Waals surface area contributed by atoms with Crippen molar-refractivity contribution < 1.29 is 9.84 Å². The van der Waals surface area contributed by atoms with Gasteiger partial charge in [-0.15, -0.1) is 0 Å². The Morgan fingerprint density at radius 2 is 1.95 bits per heavy atom. The van der Waals surface area contributed by atoms with Crippen molar-refractivity contribution in [2.75, 3.05) is 62.2 Å². The Bertz CT molecular complexity index is 1420. The Morgan fingerprint density at radius 1 is 1.13 bits per heavy atom. The molecule has 0 spiro atoms. The number of piperazine rings is 1. The SMILES string of the molecule is Bc1nc2c(N3CC(C)OC(CN4CCN(c5cc6c(cn5)[C@@H](C)NCC6)CC4)C3)ccc(C#N)c2nc1O. The second-order valence-corrected chi connectivity index (χ2v) is 11.0. The lowest BCUT2D eigenvalue weighted by Crippen LogP contribution is -2.54. The number of hydrogen-bond donors (Lipinski definition) is 2. The largest absolute Gasteiger partial charge is 0.493 e. The van der Waals surface area contributed by atoms with Gasteiger partial charge in [-0.2, -0.15) is 5.26 Å². The summed E-state index contributed by atoms with van der Waals surface area (Å²) in [6.07, 6.45) is 3.22. The van der Waals surface area contributed by atoms with Gasteiger partial charge in [0.05, 0.1) is 29.1 Å². The van der Waals surface area contributed by atoms with Gasteiger partial charge < -0.3 is 25.0 Å². The van der Waals surface area contributed by atoms with Crippen molar-refractivity contribution in [3.05, 3.63) is 41.1 Å². The van der Waals surface area contributed by atoms with Crippen LogP contribution in [-0.4, -0.2) is 97.4 Å². The number of anilines is 2. The minimum absolute atomic E-state index is 0.0491. The maximum atomic E-state index is 10.1. The molecule has 39 heavy (non-hydrogen) atoms. The fraction of sp³-hybridized carbons (Fsp3) is 0.500. The van der Waals surface area contributed by atoms with Crippen LogP contribution < -0.4 is 20.7 Å². The van der Waals surface area contributed by atoms with Crippen LogP contribution in [0.25, 0.3) is 11.0 Å². The zero-order chi connectivity index (χ0) is 27.1. The molecule has 5 heterocycles. The van der Waals surface area contributed by atoms with Gasteiger partial charge in [-0.3, -0.25) is 9.88 Å². The van der Waals surface area contributed by atoms with E-state index in [9.17, 15) is 10.4 Å². The molecule has 2 unspecified atom stereocenters. The summed E-state index contributed by atoms with van der Waals surface area (Å²) in [6, 6.07) is 8.55. The van der Waals surface area contributed by atoms with Crippen molar-refractivity contribution in [3.63, 3.8) is 0 Å². The summed E-state index contributed by atoms with van der Waals surface area (Å²) in [6.45, 7) is 11.5. The molecule has 3 aliphatic heterocycles. The fourth-order valence-corrected chi connectivity index (χ4v) is 6.14. The molecule has 0 saturated carbocycles. The van der Waals surface area contributed by atoms with Crippen molar-refractivity contribution in [2.24, 2.45) is 0 Å². The van der Waals surface area contributed by atoms with Crippen LogP contribution in [0.4, 0.5) is 11.5 Å². The van der Waals surface area contributed by atoms with Crippen LogP contribution in [-0.2, 0) is 11.2 Å². The molecule has 3 atom stereocenters. The van der Waals surface area contributed by atoms with Gasteiger partial charge in [0, 0.05) is 58.1 Å². The van der Waals surface area contributed by atoms with Gasteiger partial charge in [-0.25, -0.2) is 9.97 Å². The van der Waals surface area contributed by atoms with Crippen molar-refractivity contribution in [1.29, 1.82) is 5.26 Å². The van der Waals surface area contributed by atoms with Crippen LogP contribution in [0.3, 0.4) is 0 Å². The van der Waals surface area contributed by atoms with E-state index in [0.29, 0.717) is 28.2 Å². The number of nitrogens with zero attached hydrogens (tertiary/aromatic N) is 7. The van der Waals surface area contributed by atoms with Gasteiger partial charge in [0.1, 0.15) is 22.9 Å². The number of hydrogen-bond acceptors (Lipinski definition) is 10. The van der Waals surface area contributed by atoms with E-state index in [2.05, 4.69) is 62.2 Å². The Morgan fingerprint density at radius 3 is 2.74 bits per heavy atom. The standard InChI is InChI=1S/C28H35BN8O2/c1-17-14-37(23-4-3-20(12-30)25-26(23)33-27(29)28(38)34-25)16-21(39-17)15-35-7-9-36(10-8-35)24-11-19-5-6-31-18(2)22(19)13-32-24/h3-4,11,13,17-18,21,31H,5-10,14-16,29H2,1-2H3,(H,34,38)/t17?,18-,21?/m1/s1. The van der Waals surface area contributed by atoms with Crippen LogP contribution in [0.1, 0.15) is 36.6 Å². The number of morpholine rings is 1.